The maximum atomic E-state index is 9.39. The largest absolute Gasteiger partial charge is 0.395 e. The van der Waals surface area contributed by atoms with Gasteiger partial charge < -0.3 is 5.11 Å². The number of hydrogen-bond acceptors (Lipinski definition) is 3. The van der Waals surface area contributed by atoms with Crippen molar-refractivity contribution in [3.63, 3.8) is 0 Å². The van der Waals surface area contributed by atoms with Crippen LogP contribution in [-0.2, 0) is 5.41 Å². The molecule has 78 valence electrons. The minimum absolute atomic E-state index is 0.0756. The molecule has 1 aromatic rings. The molecule has 0 aliphatic rings. The van der Waals surface area contributed by atoms with Gasteiger partial charge in [-0.3, -0.25) is 0 Å². The normalized spacial score (nSPS) is 15.1. The molecule has 1 aromatic heterocycles. The smallest absolute Gasteiger partial charge is 0.155 e. The fourth-order valence-corrected chi connectivity index (χ4v) is 1.95. The Bertz CT molecular complexity index is 306. The molecule has 1 unspecified atom stereocenters. The van der Waals surface area contributed by atoms with E-state index in [1.807, 2.05) is 13.0 Å². The summed E-state index contributed by atoms with van der Waals surface area (Å²) < 4.78 is 0. The van der Waals surface area contributed by atoms with Crippen LogP contribution in [-0.4, -0.2) is 21.9 Å². The van der Waals surface area contributed by atoms with Gasteiger partial charge in [0.2, 0.25) is 0 Å². The van der Waals surface area contributed by atoms with Crippen LogP contribution in [0.4, 0.5) is 0 Å². The SMILES string of the molecule is CCCC(C)(CO)c1ccnnc1Cl. The first kappa shape index (κ1) is 11.4. The van der Waals surface area contributed by atoms with Crippen molar-refractivity contribution in [2.75, 3.05) is 6.61 Å². The van der Waals surface area contributed by atoms with E-state index in [2.05, 4.69) is 17.1 Å². The minimum atomic E-state index is -0.304. The van der Waals surface area contributed by atoms with Gasteiger partial charge >= 0.3 is 0 Å². The molecule has 14 heavy (non-hydrogen) atoms. The molecule has 1 rings (SSSR count). The van der Waals surface area contributed by atoms with Crippen molar-refractivity contribution in [1.29, 1.82) is 0 Å². The molecule has 0 radical (unpaired) electrons. The highest BCUT2D eigenvalue weighted by molar-refractivity contribution is 6.30. The predicted molar refractivity (Wildman–Crippen MR) is 56.4 cm³/mol. The zero-order valence-electron chi connectivity index (χ0n) is 8.50. The van der Waals surface area contributed by atoms with Crippen LogP contribution >= 0.6 is 11.6 Å². The topological polar surface area (TPSA) is 46.0 Å². The summed E-state index contributed by atoms with van der Waals surface area (Å²) >= 11 is 5.94. The van der Waals surface area contributed by atoms with E-state index < -0.39 is 0 Å². The number of hydrogen-bond donors (Lipinski definition) is 1. The van der Waals surface area contributed by atoms with Gasteiger partial charge in [0.05, 0.1) is 6.61 Å². The van der Waals surface area contributed by atoms with E-state index in [9.17, 15) is 5.11 Å². The van der Waals surface area contributed by atoms with Crippen LogP contribution in [0.5, 0.6) is 0 Å². The highest BCUT2D eigenvalue weighted by atomic mass is 35.5. The summed E-state index contributed by atoms with van der Waals surface area (Å²) in [7, 11) is 0. The zero-order chi connectivity index (χ0) is 10.6. The maximum Gasteiger partial charge on any atom is 0.155 e. The van der Waals surface area contributed by atoms with E-state index in [4.69, 9.17) is 11.6 Å². The lowest BCUT2D eigenvalue weighted by Gasteiger charge is -2.27. The van der Waals surface area contributed by atoms with Gasteiger partial charge in [-0.25, -0.2) is 0 Å². The zero-order valence-corrected chi connectivity index (χ0v) is 9.25. The molecule has 0 saturated heterocycles. The Morgan fingerprint density at radius 1 is 1.57 bits per heavy atom. The first-order valence-corrected chi connectivity index (χ1v) is 5.10. The first-order valence-electron chi connectivity index (χ1n) is 4.72. The van der Waals surface area contributed by atoms with E-state index >= 15 is 0 Å². The summed E-state index contributed by atoms with van der Waals surface area (Å²) in [5.41, 5.74) is 0.570. The molecule has 0 fully saturated rings. The third kappa shape index (κ3) is 2.22. The van der Waals surface area contributed by atoms with Gasteiger partial charge in [-0.1, -0.05) is 31.9 Å². The van der Waals surface area contributed by atoms with E-state index in [0.29, 0.717) is 5.15 Å². The van der Waals surface area contributed by atoms with Crippen LogP contribution in [0.15, 0.2) is 12.3 Å². The molecule has 1 atom stereocenters. The van der Waals surface area contributed by atoms with Crippen molar-refractivity contribution in [3.8, 4) is 0 Å². The molecule has 4 heteroatoms. The molecule has 1 heterocycles. The quantitative estimate of drug-likeness (QED) is 0.836. The van der Waals surface area contributed by atoms with Gasteiger partial charge in [0.25, 0.3) is 0 Å². The second-order valence-electron chi connectivity index (χ2n) is 3.70. The third-order valence-corrected chi connectivity index (χ3v) is 2.76. The van der Waals surface area contributed by atoms with Crippen LogP contribution in [0.3, 0.4) is 0 Å². The Morgan fingerprint density at radius 2 is 2.29 bits per heavy atom. The fourth-order valence-electron chi connectivity index (χ4n) is 1.62. The molecule has 0 aliphatic heterocycles. The van der Waals surface area contributed by atoms with Crippen molar-refractivity contribution in [2.24, 2.45) is 0 Å². The van der Waals surface area contributed by atoms with Crippen molar-refractivity contribution < 1.29 is 5.11 Å². The average molecular weight is 215 g/mol. The Morgan fingerprint density at radius 3 is 2.79 bits per heavy atom. The number of aliphatic hydroxyl groups is 1. The lowest BCUT2D eigenvalue weighted by atomic mass is 9.80. The minimum Gasteiger partial charge on any atom is -0.395 e. The second-order valence-corrected chi connectivity index (χ2v) is 4.06. The van der Waals surface area contributed by atoms with Crippen molar-refractivity contribution in [2.45, 2.75) is 32.1 Å². The van der Waals surface area contributed by atoms with Crippen molar-refractivity contribution in [3.05, 3.63) is 23.0 Å². The molecule has 0 amide bonds. The van der Waals surface area contributed by atoms with Gasteiger partial charge in [-0.2, -0.15) is 5.10 Å². The molecule has 3 nitrogen and oxygen atoms in total. The molecule has 0 bridgehead atoms. The van der Waals surface area contributed by atoms with Gasteiger partial charge in [-0.15, -0.1) is 5.10 Å². The van der Waals surface area contributed by atoms with Crippen molar-refractivity contribution in [1.82, 2.24) is 10.2 Å². The van der Waals surface area contributed by atoms with E-state index in [-0.39, 0.29) is 12.0 Å². The molecule has 0 aromatic carbocycles. The van der Waals surface area contributed by atoms with Crippen LogP contribution in [0.25, 0.3) is 0 Å². The summed E-state index contributed by atoms with van der Waals surface area (Å²) in [6, 6.07) is 1.82. The van der Waals surface area contributed by atoms with Gasteiger partial charge in [0.1, 0.15) is 0 Å². The first-order chi connectivity index (χ1) is 6.64. The molecule has 0 saturated carbocycles. The predicted octanol–water partition coefficient (Wildman–Crippen LogP) is 2.18. The average Bonchev–Trinajstić information content (AvgIpc) is 2.18. The number of rotatable bonds is 4. The molecule has 0 aliphatic carbocycles. The lowest BCUT2D eigenvalue weighted by Crippen LogP contribution is -2.27. The van der Waals surface area contributed by atoms with Crippen LogP contribution in [0, 0.1) is 0 Å². The fraction of sp³-hybridized carbons (Fsp3) is 0.600. The highest BCUT2D eigenvalue weighted by Crippen LogP contribution is 2.31. The second kappa shape index (κ2) is 4.71. The van der Waals surface area contributed by atoms with E-state index in [0.717, 1.165) is 18.4 Å². The van der Waals surface area contributed by atoms with E-state index in [1.165, 1.54) is 0 Å². The monoisotopic (exact) mass is 214 g/mol. The van der Waals surface area contributed by atoms with Gasteiger partial charge in [-0.05, 0) is 12.5 Å². The summed E-state index contributed by atoms with van der Waals surface area (Å²) in [5.74, 6) is 0. The summed E-state index contributed by atoms with van der Waals surface area (Å²) in [4.78, 5) is 0. The number of nitrogens with zero attached hydrogens (tertiary/aromatic N) is 2. The standard InChI is InChI=1S/C10H15ClN2O/c1-3-5-10(2,7-14)8-4-6-12-13-9(8)11/h4,6,14H,3,5,7H2,1-2H3. The van der Waals surface area contributed by atoms with Gasteiger partial charge in [0, 0.05) is 17.2 Å². The van der Waals surface area contributed by atoms with Crippen LogP contribution in [0.2, 0.25) is 5.15 Å². The lowest BCUT2D eigenvalue weighted by molar-refractivity contribution is 0.195. The van der Waals surface area contributed by atoms with Crippen LogP contribution in [0.1, 0.15) is 32.3 Å². The Hall–Kier alpha value is -0.670. The Labute approximate surface area is 89.1 Å². The highest BCUT2D eigenvalue weighted by Gasteiger charge is 2.27. The number of aliphatic hydroxyl groups excluding tert-OH is 1. The molecule has 0 spiro atoms. The Kier molecular flexibility index (Phi) is 3.84. The number of halogens is 1. The number of aromatic nitrogens is 2. The summed E-state index contributed by atoms with van der Waals surface area (Å²) in [5, 5.41) is 17.2. The van der Waals surface area contributed by atoms with Crippen molar-refractivity contribution >= 4 is 11.6 Å². The molecule has 1 N–H and O–H groups in total. The van der Waals surface area contributed by atoms with Gasteiger partial charge in [0.15, 0.2) is 5.15 Å². The van der Waals surface area contributed by atoms with E-state index in [1.54, 1.807) is 6.20 Å². The summed E-state index contributed by atoms with van der Waals surface area (Å²) in [6.45, 7) is 4.14. The molecular formula is C10H15ClN2O. The van der Waals surface area contributed by atoms with Crippen LogP contribution < -0.4 is 0 Å². The Balaban J connectivity index is 3.05. The maximum absolute atomic E-state index is 9.39. The molecular weight excluding hydrogens is 200 g/mol. The summed E-state index contributed by atoms with van der Waals surface area (Å²) in [6.07, 6.45) is 3.48. The third-order valence-electron chi connectivity index (χ3n) is 2.48.